The number of nitrogens with two attached hydrogens (primary N) is 1. The minimum Gasteiger partial charge on any atom is -0.466 e. The SMILES string of the molecule is CCCCCCCCCCCCOC(=O)CCCCCCCN.Cl. The number of unbranched alkanes of at least 4 members (excludes halogenated alkanes) is 13. The Labute approximate surface area is 156 Å². The van der Waals surface area contributed by atoms with Crippen molar-refractivity contribution in [1.82, 2.24) is 0 Å². The van der Waals surface area contributed by atoms with E-state index in [1.54, 1.807) is 0 Å². The maximum atomic E-state index is 11.6. The molecule has 0 saturated carbocycles. The summed E-state index contributed by atoms with van der Waals surface area (Å²) in [5, 5.41) is 0. The number of carbonyl (C=O) groups is 1. The molecule has 0 atom stereocenters. The Bertz CT molecular complexity index is 250. The minimum absolute atomic E-state index is 0. The van der Waals surface area contributed by atoms with Crippen LogP contribution in [0.1, 0.15) is 110 Å². The molecule has 0 unspecified atom stereocenters. The number of ether oxygens (including phenoxy) is 1. The molecule has 2 N–H and O–H groups in total. The fourth-order valence-corrected chi connectivity index (χ4v) is 2.79. The lowest BCUT2D eigenvalue weighted by Crippen LogP contribution is -2.05. The zero-order valence-electron chi connectivity index (χ0n) is 16.0. The van der Waals surface area contributed by atoms with Gasteiger partial charge in [0.05, 0.1) is 6.61 Å². The molecule has 3 nitrogen and oxygen atoms in total. The summed E-state index contributed by atoms with van der Waals surface area (Å²) in [4.78, 5) is 11.6. The number of halogens is 1. The molecular weight excluding hydrogens is 322 g/mol. The molecule has 0 spiro atoms. The lowest BCUT2D eigenvalue weighted by atomic mass is 10.1. The van der Waals surface area contributed by atoms with Gasteiger partial charge in [-0.2, -0.15) is 0 Å². The molecule has 0 aliphatic rings. The van der Waals surface area contributed by atoms with Gasteiger partial charge in [-0.15, -0.1) is 12.4 Å². The summed E-state index contributed by atoms with van der Waals surface area (Å²) in [7, 11) is 0. The van der Waals surface area contributed by atoms with E-state index in [0.29, 0.717) is 13.0 Å². The van der Waals surface area contributed by atoms with E-state index < -0.39 is 0 Å². The average Bonchev–Trinajstić information content (AvgIpc) is 2.56. The highest BCUT2D eigenvalue weighted by molar-refractivity contribution is 5.85. The van der Waals surface area contributed by atoms with Crippen LogP contribution in [0.3, 0.4) is 0 Å². The van der Waals surface area contributed by atoms with Crippen LogP contribution >= 0.6 is 12.4 Å². The van der Waals surface area contributed by atoms with Crippen molar-refractivity contribution >= 4 is 18.4 Å². The molecule has 0 rings (SSSR count). The molecule has 0 aliphatic carbocycles. The lowest BCUT2D eigenvalue weighted by molar-refractivity contribution is -0.143. The monoisotopic (exact) mass is 363 g/mol. The molecule has 0 amide bonds. The van der Waals surface area contributed by atoms with E-state index in [1.165, 1.54) is 70.6 Å². The Morgan fingerprint density at radius 1 is 0.708 bits per heavy atom. The third-order valence-electron chi connectivity index (χ3n) is 4.35. The molecule has 0 aliphatic heterocycles. The van der Waals surface area contributed by atoms with Crippen molar-refractivity contribution in [2.24, 2.45) is 5.73 Å². The number of esters is 1. The molecule has 0 bridgehead atoms. The Hall–Kier alpha value is -0.280. The van der Waals surface area contributed by atoms with Crippen LogP contribution in [0.5, 0.6) is 0 Å². The zero-order chi connectivity index (χ0) is 17.0. The van der Waals surface area contributed by atoms with Gasteiger partial charge in [-0.05, 0) is 25.8 Å². The van der Waals surface area contributed by atoms with Crippen molar-refractivity contribution in [3.05, 3.63) is 0 Å². The standard InChI is InChI=1S/C20H41NO2.ClH/c1-2-3-4-5-6-7-8-9-13-16-19-23-20(22)17-14-11-10-12-15-18-21;/h2-19,21H2,1H3;1H. The first-order valence-corrected chi connectivity index (χ1v) is 10.2. The highest BCUT2D eigenvalue weighted by Gasteiger charge is 2.02. The van der Waals surface area contributed by atoms with Crippen molar-refractivity contribution in [2.75, 3.05) is 13.2 Å². The van der Waals surface area contributed by atoms with Gasteiger partial charge in [0.2, 0.25) is 0 Å². The van der Waals surface area contributed by atoms with Crippen molar-refractivity contribution in [1.29, 1.82) is 0 Å². The Kier molecular flexibility index (Phi) is 24.6. The first-order valence-electron chi connectivity index (χ1n) is 10.2. The Morgan fingerprint density at radius 3 is 1.71 bits per heavy atom. The van der Waals surface area contributed by atoms with Gasteiger partial charge in [0.1, 0.15) is 0 Å². The van der Waals surface area contributed by atoms with Gasteiger partial charge in [0.15, 0.2) is 0 Å². The van der Waals surface area contributed by atoms with Gasteiger partial charge >= 0.3 is 5.97 Å². The molecule has 0 aromatic rings. The minimum atomic E-state index is -0.0141. The molecule has 0 aromatic heterocycles. The van der Waals surface area contributed by atoms with Crippen LogP contribution in [0, 0.1) is 0 Å². The maximum absolute atomic E-state index is 11.6. The summed E-state index contributed by atoms with van der Waals surface area (Å²) in [5.74, 6) is -0.0141. The predicted octanol–water partition coefficient (Wildman–Crippen LogP) is 6.17. The Morgan fingerprint density at radius 2 is 1.17 bits per heavy atom. The second-order valence-electron chi connectivity index (χ2n) is 6.71. The fraction of sp³-hybridized carbons (Fsp3) is 0.950. The van der Waals surface area contributed by atoms with Crippen LogP contribution in [0.4, 0.5) is 0 Å². The number of carbonyl (C=O) groups excluding carboxylic acids is 1. The van der Waals surface area contributed by atoms with Gasteiger partial charge in [0, 0.05) is 6.42 Å². The van der Waals surface area contributed by atoms with Crippen molar-refractivity contribution in [2.45, 2.75) is 110 Å². The highest BCUT2D eigenvalue weighted by atomic mass is 35.5. The number of hydrogen-bond donors (Lipinski definition) is 1. The number of hydrogen-bond acceptors (Lipinski definition) is 3. The van der Waals surface area contributed by atoms with Crippen molar-refractivity contribution in [3.63, 3.8) is 0 Å². The molecule has 0 saturated heterocycles. The summed E-state index contributed by atoms with van der Waals surface area (Å²) in [6, 6.07) is 0. The highest BCUT2D eigenvalue weighted by Crippen LogP contribution is 2.11. The van der Waals surface area contributed by atoms with Gasteiger partial charge in [0.25, 0.3) is 0 Å². The summed E-state index contributed by atoms with van der Waals surface area (Å²) < 4.78 is 5.28. The van der Waals surface area contributed by atoms with Gasteiger partial charge < -0.3 is 10.5 Å². The van der Waals surface area contributed by atoms with Crippen LogP contribution in [0.2, 0.25) is 0 Å². The zero-order valence-corrected chi connectivity index (χ0v) is 16.8. The fourth-order valence-electron chi connectivity index (χ4n) is 2.79. The third kappa shape index (κ3) is 21.7. The molecular formula is C20H42ClNO2. The van der Waals surface area contributed by atoms with E-state index in [-0.39, 0.29) is 18.4 Å². The van der Waals surface area contributed by atoms with E-state index >= 15 is 0 Å². The molecule has 146 valence electrons. The predicted molar refractivity (Wildman–Crippen MR) is 107 cm³/mol. The van der Waals surface area contributed by atoms with Crippen LogP contribution in [-0.4, -0.2) is 19.1 Å². The molecule has 4 heteroatoms. The molecule has 0 aromatic carbocycles. The smallest absolute Gasteiger partial charge is 0.305 e. The second kappa shape index (κ2) is 22.7. The quantitative estimate of drug-likeness (QED) is 0.234. The first kappa shape index (κ1) is 26.0. The Balaban J connectivity index is 0. The van der Waals surface area contributed by atoms with E-state index in [2.05, 4.69) is 6.92 Å². The number of rotatable bonds is 18. The molecule has 0 heterocycles. The topological polar surface area (TPSA) is 52.3 Å². The van der Waals surface area contributed by atoms with Crippen LogP contribution in [0.25, 0.3) is 0 Å². The van der Waals surface area contributed by atoms with Crippen LogP contribution in [-0.2, 0) is 9.53 Å². The molecule has 0 fully saturated rings. The summed E-state index contributed by atoms with van der Waals surface area (Å²) in [6.07, 6.45) is 19.2. The largest absolute Gasteiger partial charge is 0.466 e. The second-order valence-corrected chi connectivity index (χ2v) is 6.71. The summed E-state index contributed by atoms with van der Waals surface area (Å²) in [6.45, 7) is 3.65. The van der Waals surface area contributed by atoms with Crippen molar-refractivity contribution < 1.29 is 9.53 Å². The molecule has 24 heavy (non-hydrogen) atoms. The third-order valence-corrected chi connectivity index (χ3v) is 4.35. The van der Waals surface area contributed by atoms with E-state index in [9.17, 15) is 4.79 Å². The molecule has 0 radical (unpaired) electrons. The van der Waals surface area contributed by atoms with Gasteiger partial charge in [-0.3, -0.25) is 4.79 Å². The lowest BCUT2D eigenvalue weighted by Gasteiger charge is -2.05. The summed E-state index contributed by atoms with van der Waals surface area (Å²) in [5.41, 5.74) is 5.45. The van der Waals surface area contributed by atoms with Crippen LogP contribution < -0.4 is 5.73 Å². The van der Waals surface area contributed by atoms with E-state index in [1.807, 2.05) is 0 Å². The van der Waals surface area contributed by atoms with Crippen LogP contribution in [0.15, 0.2) is 0 Å². The van der Waals surface area contributed by atoms with E-state index in [4.69, 9.17) is 10.5 Å². The maximum Gasteiger partial charge on any atom is 0.305 e. The average molecular weight is 364 g/mol. The normalized spacial score (nSPS) is 10.4. The van der Waals surface area contributed by atoms with Crippen molar-refractivity contribution in [3.8, 4) is 0 Å². The van der Waals surface area contributed by atoms with Gasteiger partial charge in [-0.1, -0.05) is 84.0 Å². The van der Waals surface area contributed by atoms with Gasteiger partial charge in [-0.25, -0.2) is 0 Å². The van der Waals surface area contributed by atoms with E-state index in [0.717, 1.165) is 32.2 Å². The summed E-state index contributed by atoms with van der Waals surface area (Å²) >= 11 is 0. The first-order chi connectivity index (χ1) is 11.3.